The van der Waals surface area contributed by atoms with Crippen molar-refractivity contribution in [3.05, 3.63) is 28.3 Å². The van der Waals surface area contributed by atoms with Gasteiger partial charge in [-0.2, -0.15) is 0 Å². The smallest absolute Gasteiger partial charge is 0.379 e. The third-order valence-electron chi connectivity index (χ3n) is 2.96. The van der Waals surface area contributed by atoms with E-state index in [-0.39, 0.29) is 6.61 Å². The molecule has 0 aliphatic heterocycles. The zero-order valence-electron chi connectivity index (χ0n) is 11.4. The topological polar surface area (TPSA) is 52.6 Å². The van der Waals surface area contributed by atoms with Gasteiger partial charge < -0.3 is 9.47 Å². The summed E-state index contributed by atoms with van der Waals surface area (Å²) < 4.78 is 9.97. The lowest BCUT2D eigenvalue weighted by Crippen LogP contribution is -2.20. The van der Waals surface area contributed by atoms with Gasteiger partial charge in [-0.15, -0.1) is 0 Å². The van der Waals surface area contributed by atoms with Gasteiger partial charge >= 0.3 is 5.97 Å². The Bertz CT molecular complexity index is 489. The summed E-state index contributed by atoms with van der Waals surface area (Å²) in [5, 5.41) is 0. The fraction of sp³-hybridized carbons (Fsp3) is 0.429. The number of ether oxygens (including phenoxy) is 2. The van der Waals surface area contributed by atoms with Gasteiger partial charge in [-0.3, -0.25) is 4.79 Å². The molecule has 0 saturated carbocycles. The maximum atomic E-state index is 12.0. The summed E-state index contributed by atoms with van der Waals surface area (Å²) in [6.07, 6.45) is 0. The van der Waals surface area contributed by atoms with Gasteiger partial charge in [-0.05, 0) is 50.5 Å². The average Bonchev–Trinajstić information content (AvgIpc) is 2.34. The second-order valence-corrected chi connectivity index (χ2v) is 4.07. The molecule has 0 radical (unpaired) electrons. The Morgan fingerprint density at radius 2 is 1.78 bits per heavy atom. The van der Waals surface area contributed by atoms with Crippen LogP contribution in [0.4, 0.5) is 0 Å². The molecule has 4 nitrogen and oxygen atoms in total. The second kappa shape index (κ2) is 5.67. The molecule has 1 rings (SSSR count). The summed E-state index contributed by atoms with van der Waals surface area (Å²) in [7, 11) is 1.58. The molecule has 0 aliphatic carbocycles. The molecule has 0 spiro atoms. The number of esters is 1. The number of Topliss-reactive ketones (excluding diaryl/α,β-unsaturated/α-hetero) is 1. The van der Waals surface area contributed by atoms with Gasteiger partial charge in [-0.1, -0.05) is 0 Å². The van der Waals surface area contributed by atoms with Crippen LogP contribution in [0.3, 0.4) is 0 Å². The zero-order chi connectivity index (χ0) is 13.9. The van der Waals surface area contributed by atoms with Crippen LogP contribution < -0.4 is 4.74 Å². The molecule has 0 atom stereocenters. The van der Waals surface area contributed by atoms with E-state index < -0.39 is 11.8 Å². The first-order valence-corrected chi connectivity index (χ1v) is 5.80. The number of hydrogen-bond acceptors (Lipinski definition) is 4. The Kier molecular flexibility index (Phi) is 4.48. The molecule has 1 aromatic carbocycles. The highest BCUT2D eigenvalue weighted by molar-refractivity contribution is 6.41. The predicted octanol–water partition coefficient (Wildman–Crippen LogP) is 2.37. The molecule has 0 bridgehead atoms. The molecule has 0 N–H and O–H groups in total. The van der Waals surface area contributed by atoms with E-state index in [2.05, 4.69) is 0 Å². The Balaban J connectivity index is 3.30. The van der Waals surface area contributed by atoms with Crippen LogP contribution in [0.1, 0.15) is 34.0 Å². The fourth-order valence-corrected chi connectivity index (χ4v) is 1.91. The van der Waals surface area contributed by atoms with Gasteiger partial charge in [0.15, 0.2) is 0 Å². The SMILES string of the molecule is CCOC(=O)C(=O)c1c(C)cc(OC)c(C)c1C. The van der Waals surface area contributed by atoms with E-state index in [0.29, 0.717) is 16.9 Å². The van der Waals surface area contributed by atoms with E-state index in [1.54, 1.807) is 33.9 Å². The molecule has 0 amide bonds. The van der Waals surface area contributed by atoms with Crippen LogP contribution in [0.2, 0.25) is 0 Å². The van der Waals surface area contributed by atoms with Crippen LogP contribution in [0.5, 0.6) is 5.75 Å². The number of benzene rings is 1. The highest BCUT2D eigenvalue weighted by Gasteiger charge is 2.23. The van der Waals surface area contributed by atoms with Crippen LogP contribution in [-0.2, 0) is 9.53 Å². The summed E-state index contributed by atoms with van der Waals surface area (Å²) in [5.41, 5.74) is 2.74. The Morgan fingerprint density at radius 1 is 1.17 bits per heavy atom. The van der Waals surface area contributed by atoms with Crippen LogP contribution in [0.15, 0.2) is 6.07 Å². The van der Waals surface area contributed by atoms with Crippen molar-refractivity contribution in [3.63, 3.8) is 0 Å². The highest BCUT2D eigenvalue weighted by atomic mass is 16.5. The molecule has 0 aromatic heterocycles. The van der Waals surface area contributed by atoms with E-state index in [9.17, 15) is 9.59 Å². The molecule has 0 saturated heterocycles. The number of rotatable bonds is 4. The Hall–Kier alpha value is -1.84. The first-order valence-electron chi connectivity index (χ1n) is 5.80. The number of methoxy groups -OCH3 is 1. The lowest BCUT2D eigenvalue weighted by Gasteiger charge is -2.14. The first kappa shape index (κ1) is 14.2. The maximum Gasteiger partial charge on any atom is 0.379 e. The fourth-order valence-electron chi connectivity index (χ4n) is 1.91. The van der Waals surface area contributed by atoms with Gasteiger partial charge in [0.1, 0.15) is 5.75 Å². The van der Waals surface area contributed by atoms with Gasteiger partial charge in [0.05, 0.1) is 13.7 Å². The largest absolute Gasteiger partial charge is 0.496 e. The molecular formula is C14H18O4. The van der Waals surface area contributed by atoms with E-state index in [0.717, 1.165) is 11.1 Å². The second-order valence-electron chi connectivity index (χ2n) is 4.07. The minimum absolute atomic E-state index is 0.192. The molecule has 0 unspecified atom stereocenters. The molecule has 98 valence electrons. The van der Waals surface area contributed by atoms with E-state index >= 15 is 0 Å². The number of hydrogen-bond donors (Lipinski definition) is 0. The number of carbonyl (C=O) groups excluding carboxylic acids is 2. The summed E-state index contributed by atoms with van der Waals surface area (Å²) in [4.78, 5) is 23.5. The quantitative estimate of drug-likeness (QED) is 0.467. The predicted molar refractivity (Wildman–Crippen MR) is 68.2 cm³/mol. The highest BCUT2D eigenvalue weighted by Crippen LogP contribution is 2.27. The standard InChI is InChI=1S/C14H18O4/c1-6-18-14(16)13(15)12-8(2)7-11(17-5)9(3)10(12)4/h7H,6H2,1-5H3. The maximum absolute atomic E-state index is 12.0. The molecule has 0 heterocycles. The molecular weight excluding hydrogens is 232 g/mol. The average molecular weight is 250 g/mol. The van der Waals surface area contributed by atoms with Crippen LogP contribution in [0.25, 0.3) is 0 Å². The van der Waals surface area contributed by atoms with Crippen LogP contribution >= 0.6 is 0 Å². The minimum Gasteiger partial charge on any atom is -0.496 e. The van der Waals surface area contributed by atoms with E-state index in [1.807, 2.05) is 6.92 Å². The molecule has 0 aliphatic rings. The lowest BCUT2D eigenvalue weighted by atomic mass is 9.94. The molecule has 4 heteroatoms. The van der Waals surface area contributed by atoms with Crippen LogP contribution in [-0.4, -0.2) is 25.5 Å². The third-order valence-corrected chi connectivity index (χ3v) is 2.96. The minimum atomic E-state index is -0.812. The van der Waals surface area contributed by atoms with Gasteiger partial charge in [0.25, 0.3) is 5.78 Å². The lowest BCUT2D eigenvalue weighted by molar-refractivity contribution is -0.137. The Morgan fingerprint density at radius 3 is 2.28 bits per heavy atom. The van der Waals surface area contributed by atoms with Gasteiger partial charge in [0.2, 0.25) is 0 Å². The van der Waals surface area contributed by atoms with Gasteiger partial charge in [0, 0.05) is 5.56 Å². The number of aryl methyl sites for hydroxylation is 1. The molecule has 0 fully saturated rings. The molecule has 18 heavy (non-hydrogen) atoms. The van der Waals surface area contributed by atoms with Crippen LogP contribution in [0, 0.1) is 20.8 Å². The molecule has 1 aromatic rings. The number of carbonyl (C=O) groups is 2. The zero-order valence-corrected chi connectivity index (χ0v) is 11.4. The first-order chi connectivity index (χ1) is 8.43. The van der Waals surface area contributed by atoms with Crippen molar-refractivity contribution in [1.29, 1.82) is 0 Å². The van der Waals surface area contributed by atoms with Crippen molar-refractivity contribution in [2.75, 3.05) is 13.7 Å². The monoisotopic (exact) mass is 250 g/mol. The normalized spacial score (nSPS) is 10.1. The van der Waals surface area contributed by atoms with Crippen molar-refractivity contribution in [2.45, 2.75) is 27.7 Å². The van der Waals surface area contributed by atoms with Gasteiger partial charge in [-0.25, -0.2) is 4.79 Å². The van der Waals surface area contributed by atoms with E-state index in [4.69, 9.17) is 9.47 Å². The van der Waals surface area contributed by atoms with Crippen molar-refractivity contribution >= 4 is 11.8 Å². The summed E-state index contributed by atoms with van der Waals surface area (Å²) in [6, 6.07) is 1.76. The van der Waals surface area contributed by atoms with Crippen molar-refractivity contribution in [2.24, 2.45) is 0 Å². The van der Waals surface area contributed by atoms with E-state index in [1.165, 1.54) is 0 Å². The van der Waals surface area contributed by atoms with Crippen molar-refractivity contribution in [3.8, 4) is 5.75 Å². The third kappa shape index (κ3) is 2.53. The summed E-state index contributed by atoms with van der Waals surface area (Å²) >= 11 is 0. The van der Waals surface area contributed by atoms with Crippen molar-refractivity contribution < 1.29 is 19.1 Å². The summed E-state index contributed by atoms with van der Waals surface area (Å²) in [5.74, 6) is -0.698. The Labute approximate surface area is 107 Å². The van der Waals surface area contributed by atoms with Crippen molar-refractivity contribution in [1.82, 2.24) is 0 Å². The number of ketones is 1. The summed E-state index contributed by atoms with van der Waals surface area (Å²) in [6.45, 7) is 7.30.